The zero-order valence-corrected chi connectivity index (χ0v) is 19.3. The highest BCUT2D eigenvalue weighted by atomic mass is 35.5. The molecule has 3 aromatic rings. The van der Waals surface area contributed by atoms with Crippen molar-refractivity contribution in [2.75, 3.05) is 23.7 Å². The van der Waals surface area contributed by atoms with E-state index in [1.807, 2.05) is 22.8 Å². The van der Waals surface area contributed by atoms with Crippen LogP contribution in [0.1, 0.15) is 23.2 Å². The summed E-state index contributed by atoms with van der Waals surface area (Å²) in [5, 5.41) is 10.1. The number of amides is 2. The number of carbonyl (C=O) groups excluding carboxylic acids is 2. The van der Waals surface area contributed by atoms with Gasteiger partial charge in [-0.25, -0.2) is 0 Å². The van der Waals surface area contributed by atoms with Crippen LogP contribution in [0.4, 0.5) is 5.95 Å². The summed E-state index contributed by atoms with van der Waals surface area (Å²) in [6, 6.07) is 14.0. The molecule has 1 aliphatic rings. The molecular weight excluding hydrogens is 471 g/mol. The zero-order chi connectivity index (χ0) is 22.5. The number of carbonyl (C=O) groups is 2. The van der Waals surface area contributed by atoms with E-state index in [9.17, 15) is 9.59 Å². The summed E-state index contributed by atoms with van der Waals surface area (Å²) in [6.07, 6.45) is 2.19. The Balaban J connectivity index is 1.44. The second kappa shape index (κ2) is 10.2. The minimum atomic E-state index is -0.493. The number of nitrogens with zero attached hydrogens (tertiary/aromatic N) is 4. The van der Waals surface area contributed by atoms with Gasteiger partial charge >= 0.3 is 0 Å². The summed E-state index contributed by atoms with van der Waals surface area (Å²) in [7, 11) is 0. The Morgan fingerprint density at radius 2 is 1.78 bits per heavy atom. The van der Waals surface area contributed by atoms with Gasteiger partial charge in [0.25, 0.3) is 5.91 Å². The van der Waals surface area contributed by atoms with Crippen LogP contribution >= 0.6 is 35.0 Å². The van der Waals surface area contributed by atoms with E-state index >= 15 is 0 Å². The normalized spacial score (nSPS) is 13.2. The lowest BCUT2D eigenvalue weighted by Crippen LogP contribution is -2.42. The molecule has 0 unspecified atom stereocenters. The maximum Gasteiger partial charge on any atom is 0.271 e. The van der Waals surface area contributed by atoms with Crippen molar-refractivity contribution in [2.45, 2.75) is 18.0 Å². The van der Waals surface area contributed by atoms with Gasteiger partial charge in [-0.3, -0.25) is 25.0 Å². The first-order valence-electron chi connectivity index (χ1n) is 9.96. The molecule has 1 saturated heterocycles. The summed E-state index contributed by atoms with van der Waals surface area (Å²) < 4.78 is 1.90. The predicted molar refractivity (Wildman–Crippen MR) is 126 cm³/mol. The van der Waals surface area contributed by atoms with Crippen LogP contribution in [0.15, 0.2) is 53.7 Å². The predicted octanol–water partition coefficient (Wildman–Crippen LogP) is 3.73. The molecule has 2 aromatic carbocycles. The molecule has 0 spiro atoms. The number of halogens is 2. The Hall–Kier alpha value is -2.75. The van der Waals surface area contributed by atoms with Gasteiger partial charge in [-0.15, -0.1) is 10.2 Å². The third kappa shape index (κ3) is 5.17. The SMILES string of the molecule is O=C(CSc1nnc(N2CCCC2)n1-c1cccc(Cl)c1)NNC(=O)c1ccccc1Cl. The van der Waals surface area contributed by atoms with Crippen LogP contribution < -0.4 is 15.8 Å². The summed E-state index contributed by atoms with van der Waals surface area (Å²) >= 11 is 13.4. The van der Waals surface area contributed by atoms with Gasteiger partial charge in [-0.05, 0) is 43.2 Å². The van der Waals surface area contributed by atoms with E-state index in [4.69, 9.17) is 23.2 Å². The van der Waals surface area contributed by atoms with Crippen molar-refractivity contribution in [3.05, 3.63) is 64.1 Å². The van der Waals surface area contributed by atoms with E-state index in [-0.39, 0.29) is 11.3 Å². The van der Waals surface area contributed by atoms with Crippen LogP contribution in [0.3, 0.4) is 0 Å². The van der Waals surface area contributed by atoms with Crippen LogP contribution in [-0.2, 0) is 4.79 Å². The van der Waals surface area contributed by atoms with E-state index in [1.165, 1.54) is 11.8 Å². The third-order valence-electron chi connectivity index (χ3n) is 4.84. The molecule has 32 heavy (non-hydrogen) atoms. The molecule has 8 nitrogen and oxygen atoms in total. The van der Waals surface area contributed by atoms with E-state index in [0.717, 1.165) is 37.6 Å². The van der Waals surface area contributed by atoms with Gasteiger partial charge < -0.3 is 4.90 Å². The monoisotopic (exact) mass is 490 g/mol. The third-order valence-corrected chi connectivity index (χ3v) is 6.33. The Morgan fingerprint density at radius 3 is 2.53 bits per heavy atom. The van der Waals surface area contributed by atoms with Gasteiger partial charge in [0.1, 0.15) is 0 Å². The maximum atomic E-state index is 12.3. The van der Waals surface area contributed by atoms with Gasteiger partial charge in [-0.2, -0.15) is 0 Å². The Morgan fingerprint density at radius 1 is 1.00 bits per heavy atom. The summed E-state index contributed by atoms with van der Waals surface area (Å²) in [5.41, 5.74) is 5.87. The van der Waals surface area contributed by atoms with Gasteiger partial charge in [-0.1, -0.05) is 53.2 Å². The molecule has 0 aliphatic carbocycles. The second-order valence-corrected chi connectivity index (χ2v) is 8.85. The number of anilines is 1. The molecule has 2 N–H and O–H groups in total. The van der Waals surface area contributed by atoms with Gasteiger partial charge in [0, 0.05) is 18.1 Å². The molecule has 0 saturated carbocycles. The van der Waals surface area contributed by atoms with Crippen LogP contribution in [0.2, 0.25) is 10.0 Å². The Kier molecular flexibility index (Phi) is 7.19. The quantitative estimate of drug-likeness (QED) is 0.404. The lowest BCUT2D eigenvalue weighted by atomic mass is 10.2. The molecule has 11 heteroatoms. The first kappa shape index (κ1) is 22.4. The highest BCUT2D eigenvalue weighted by Gasteiger charge is 2.23. The van der Waals surface area contributed by atoms with Crippen molar-refractivity contribution in [3.8, 4) is 5.69 Å². The first-order chi connectivity index (χ1) is 15.5. The number of aromatic nitrogens is 3. The number of thioether (sulfide) groups is 1. The number of benzene rings is 2. The Bertz CT molecular complexity index is 1130. The minimum absolute atomic E-state index is 0.0293. The standard InChI is InChI=1S/C21H20Cl2N6O2S/c22-14-6-5-7-15(12-14)29-20(28-10-3-4-11-28)26-27-21(29)32-13-18(30)24-25-19(31)16-8-1-2-9-17(16)23/h1-2,5-9,12H,3-4,10-11,13H2,(H,24,30)(H,25,31). The van der Waals surface area contributed by atoms with Crippen LogP contribution in [0.5, 0.6) is 0 Å². The second-order valence-electron chi connectivity index (χ2n) is 7.06. The van der Waals surface area contributed by atoms with Crippen molar-refractivity contribution >= 4 is 52.7 Å². The lowest BCUT2D eigenvalue weighted by Gasteiger charge is -2.18. The molecule has 166 valence electrons. The number of hydrogen-bond acceptors (Lipinski definition) is 6. The molecule has 4 rings (SSSR count). The highest BCUT2D eigenvalue weighted by Crippen LogP contribution is 2.29. The van der Waals surface area contributed by atoms with E-state index in [1.54, 1.807) is 30.3 Å². The van der Waals surface area contributed by atoms with Gasteiger partial charge in [0.2, 0.25) is 11.9 Å². The zero-order valence-electron chi connectivity index (χ0n) is 16.9. The maximum absolute atomic E-state index is 12.3. The van der Waals surface area contributed by atoms with Crippen molar-refractivity contribution in [3.63, 3.8) is 0 Å². The average Bonchev–Trinajstić information content (AvgIpc) is 3.46. The largest absolute Gasteiger partial charge is 0.341 e. The fraction of sp³-hybridized carbons (Fsp3) is 0.238. The van der Waals surface area contributed by atoms with E-state index in [0.29, 0.717) is 15.2 Å². The Labute approximate surface area is 199 Å². The molecule has 2 heterocycles. The van der Waals surface area contributed by atoms with Crippen molar-refractivity contribution in [1.29, 1.82) is 0 Å². The molecule has 0 bridgehead atoms. The van der Waals surface area contributed by atoms with Crippen molar-refractivity contribution in [1.82, 2.24) is 25.6 Å². The average molecular weight is 491 g/mol. The van der Waals surface area contributed by atoms with Crippen LogP contribution in [0.25, 0.3) is 5.69 Å². The number of nitrogens with one attached hydrogen (secondary N) is 2. The number of rotatable bonds is 6. The fourth-order valence-corrected chi connectivity index (χ4v) is 4.48. The summed E-state index contributed by atoms with van der Waals surface area (Å²) in [6.45, 7) is 1.80. The minimum Gasteiger partial charge on any atom is -0.341 e. The lowest BCUT2D eigenvalue weighted by molar-refractivity contribution is -0.119. The summed E-state index contributed by atoms with van der Waals surface area (Å²) in [4.78, 5) is 26.7. The molecule has 0 atom stereocenters. The fourth-order valence-electron chi connectivity index (χ4n) is 3.32. The van der Waals surface area contributed by atoms with Crippen molar-refractivity contribution in [2.24, 2.45) is 0 Å². The van der Waals surface area contributed by atoms with Crippen LogP contribution in [0, 0.1) is 0 Å². The van der Waals surface area contributed by atoms with E-state index in [2.05, 4.69) is 25.9 Å². The highest BCUT2D eigenvalue weighted by molar-refractivity contribution is 7.99. The van der Waals surface area contributed by atoms with E-state index < -0.39 is 11.8 Å². The topological polar surface area (TPSA) is 92.2 Å². The number of hydrazine groups is 1. The summed E-state index contributed by atoms with van der Waals surface area (Å²) in [5.74, 6) is -0.132. The van der Waals surface area contributed by atoms with Crippen molar-refractivity contribution < 1.29 is 9.59 Å². The smallest absolute Gasteiger partial charge is 0.271 e. The molecule has 1 aromatic heterocycles. The van der Waals surface area contributed by atoms with Crippen LogP contribution in [-0.4, -0.2) is 45.4 Å². The first-order valence-corrected chi connectivity index (χ1v) is 11.7. The molecule has 1 aliphatic heterocycles. The van der Waals surface area contributed by atoms with Gasteiger partial charge in [0.15, 0.2) is 5.16 Å². The number of hydrogen-bond donors (Lipinski definition) is 2. The molecule has 2 amide bonds. The molecular formula is C21H20Cl2N6O2S. The van der Waals surface area contributed by atoms with Gasteiger partial charge in [0.05, 0.1) is 22.0 Å². The molecule has 0 radical (unpaired) electrons. The molecule has 1 fully saturated rings.